The highest BCUT2D eigenvalue weighted by Gasteiger charge is 2.26. The summed E-state index contributed by atoms with van der Waals surface area (Å²) < 4.78 is 18.7. The Morgan fingerprint density at radius 2 is 2.25 bits per heavy atom. The first kappa shape index (κ1) is 18.6. The lowest BCUT2D eigenvalue weighted by Gasteiger charge is -2.34. The van der Waals surface area contributed by atoms with Gasteiger partial charge in [0.25, 0.3) is 0 Å². The molecule has 0 bridgehead atoms. The Kier molecular flexibility index (Phi) is 6.53. The molecule has 8 heteroatoms. The molecule has 0 aromatic heterocycles. The number of aliphatic carboxylic acids is 1. The Bertz CT molecular complexity index is 614. The lowest BCUT2D eigenvalue weighted by molar-refractivity contribution is -0.142. The largest absolute Gasteiger partial charge is 0.480 e. The van der Waals surface area contributed by atoms with Gasteiger partial charge in [0.15, 0.2) is 0 Å². The zero-order valence-corrected chi connectivity index (χ0v) is 14.1. The molecule has 1 atom stereocenters. The van der Waals surface area contributed by atoms with Crippen molar-refractivity contribution in [1.29, 1.82) is 0 Å². The van der Waals surface area contributed by atoms with E-state index in [0.717, 1.165) is 0 Å². The molecular weight excluding hydrogens is 339 g/mol. The van der Waals surface area contributed by atoms with E-state index in [1.807, 2.05) is 0 Å². The summed E-state index contributed by atoms with van der Waals surface area (Å²) in [7, 11) is 1.69. The van der Waals surface area contributed by atoms with Crippen LogP contribution in [0.5, 0.6) is 0 Å². The van der Waals surface area contributed by atoms with Crippen molar-refractivity contribution in [2.75, 3.05) is 39.8 Å². The van der Waals surface area contributed by atoms with E-state index in [1.165, 1.54) is 18.2 Å². The van der Waals surface area contributed by atoms with Crippen LogP contribution >= 0.6 is 11.6 Å². The Morgan fingerprint density at radius 1 is 1.50 bits per heavy atom. The molecule has 1 aromatic rings. The summed E-state index contributed by atoms with van der Waals surface area (Å²) in [4.78, 5) is 26.4. The molecule has 1 N–H and O–H groups in total. The summed E-state index contributed by atoms with van der Waals surface area (Å²) in [6.45, 7) is 1.60. The number of carboxylic acid groups (broad SMARTS) is 1. The summed E-state index contributed by atoms with van der Waals surface area (Å²) in [5.74, 6) is -1.46. The van der Waals surface area contributed by atoms with Crippen molar-refractivity contribution >= 4 is 23.5 Å². The van der Waals surface area contributed by atoms with E-state index in [2.05, 4.69) is 0 Å². The summed E-state index contributed by atoms with van der Waals surface area (Å²) in [5, 5.41) is 9.01. The Hall–Kier alpha value is -1.70. The van der Waals surface area contributed by atoms with E-state index in [4.69, 9.17) is 21.4 Å². The van der Waals surface area contributed by atoms with Crippen LogP contribution in [0.15, 0.2) is 18.2 Å². The van der Waals surface area contributed by atoms with Gasteiger partial charge in [0.1, 0.15) is 5.82 Å². The Labute approximate surface area is 144 Å². The van der Waals surface area contributed by atoms with E-state index in [9.17, 15) is 14.0 Å². The van der Waals surface area contributed by atoms with Gasteiger partial charge < -0.3 is 14.7 Å². The molecular formula is C16H20ClFN2O4. The fraction of sp³-hybridized carbons (Fsp3) is 0.500. The van der Waals surface area contributed by atoms with Gasteiger partial charge in [0, 0.05) is 24.7 Å². The van der Waals surface area contributed by atoms with Crippen molar-refractivity contribution in [2.24, 2.45) is 0 Å². The predicted octanol–water partition coefficient (Wildman–Crippen LogP) is 1.27. The zero-order valence-electron chi connectivity index (χ0n) is 13.4. The standard InChI is InChI=1S/C16H20ClFN2O4/c1-19(10-16(22)23)8-13-9-20(4-5-24-13)15(21)6-11-2-3-12(18)7-14(11)17/h2-3,7,13H,4-6,8-10H2,1H3,(H,22,23). The molecule has 24 heavy (non-hydrogen) atoms. The van der Waals surface area contributed by atoms with Crippen molar-refractivity contribution in [1.82, 2.24) is 9.80 Å². The second-order valence-electron chi connectivity index (χ2n) is 5.84. The third-order valence-corrected chi connectivity index (χ3v) is 4.12. The van der Waals surface area contributed by atoms with Gasteiger partial charge in [-0.3, -0.25) is 14.5 Å². The fourth-order valence-corrected chi connectivity index (χ4v) is 2.87. The summed E-state index contributed by atoms with van der Waals surface area (Å²) in [5.41, 5.74) is 0.578. The maximum Gasteiger partial charge on any atom is 0.317 e. The van der Waals surface area contributed by atoms with Crippen molar-refractivity contribution in [3.8, 4) is 0 Å². The number of hydrogen-bond acceptors (Lipinski definition) is 4. The highest BCUT2D eigenvalue weighted by molar-refractivity contribution is 6.31. The highest BCUT2D eigenvalue weighted by Crippen LogP contribution is 2.19. The molecule has 1 aromatic carbocycles. The number of hydrogen-bond donors (Lipinski definition) is 1. The number of amides is 1. The van der Waals surface area contributed by atoms with Gasteiger partial charge in [-0.05, 0) is 24.7 Å². The molecule has 132 valence electrons. The SMILES string of the molecule is CN(CC(=O)O)CC1CN(C(=O)Cc2ccc(F)cc2Cl)CCO1. The number of likely N-dealkylation sites (N-methyl/N-ethyl adjacent to an activating group) is 1. The number of ether oxygens (including phenoxy) is 1. The van der Waals surface area contributed by atoms with Crippen LogP contribution < -0.4 is 0 Å². The molecule has 1 heterocycles. The van der Waals surface area contributed by atoms with Crippen molar-refractivity contribution in [3.63, 3.8) is 0 Å². The second kappa shape index (κ2) is 8.41. The minimum absolute atomic E-state index is 0.0843. The molecule has 1 saturated heterocycles. The van der Waals surface area contributed by atoms with E-state index in [1.54, 1.807) is 16.8 Å². The number of carbonyl (C=O) groups is 2. The van der Waals surface area contributed by atoms with Gasteiger partial charge in [-0.2, -0.15) is 0 Å². The van der Waals surface area contributed by atoms with Gasteiger partial charge >= 0.3 is 5.97 Å². The van der Waals surface area contributed by atoms with Crippen LogP contribution in [0.1, 0.15) is 5.56 Å². The molecule has 1 unspecified atom stereocenters. The maximum absolute atomic E-state index is 13.1. The molecule has 1 aliphatic heterocycles. The first-order valence-electron chi connectivity index (χ1n) is 7.59. The van der Waals surface area contributed by atoms with Crippen LogP contribution in [0.2, 0.25) is 5.02 Å². The normalized spacial score (nSPS) is 18.0. The number of rotatable bonds is 6. The number of benzene rings is 1. The van der Waals surface area contributed by atoms with Gasteiger partial charge in [0.05, 0.1) is 25.7 Å². The topological polar surface area (TPSA) is 70.1 Å². The van der Waals surface area contributed by atoms with Gasteiger partial charge in [0.2, 0.25) is 5.91 Å². The van der Waals surface area contributed by atoms with E-state index < -0.39 is 11.8 Å². The quantitative estimate of drug-likeness (QED) is 0.829. The van der Waals surface area contributed by atoms with E-state index >= 15 is 0 Å². The van der Waals surface area contributed by atoms with E-state index in [0.29, 0.717) is 31.8 Å². The van der Waals surface area contributed by atoms with Crippen molar-refractivity contribution in [2.45, 2.75) is 12.5 Å². The summed E-state index contributed by atoms with van der Waals surface area (Å²) in [6.07, 6.45) is -0.146. The lowest BCUT2D eigenvalue weighted by Crippen LogP contribution is -2.50. The van der Waals surface area contributed by atoms with Crippen LogP contribution in [0.25, 0.3) is 0 Å². The maximum atomic E-state index is 13.1. The van der Waals surface area contributed by atoms with Crippen LogP contribution in [0.3, 0.4) is 0 Å². The summed E-state index contributed by atoms with van der Waals surface area (Å²) >= 11 is 5.96. The van der Waals surface area contributed by atoms with Gasteiger partial charge in [-0.25, -0.2) is 4.39 Å². The van der Waals surface area contributed by atoms with Crippen molar-refractivity contribution < 1.29 is 23.8 Å². The number of morpholine rings is 1. The molecule has 1 amide bonds. The average Bonchev–Trinajstić information content (AvgIpc) is 2.49. The molecule has 2 rings (SSSR count). The highest BCUT2D eigenvalue weighted by atomic mass is 35.5. The number of nitrogens with zero attached hydrogens (tertiary/aromatic N) is 2. The van der Waals surface area contributed by atoms with E-state index in [-0.39, 0.29) is 30.0 Å². The number of halogens is 2. The van der Waals surface area contributed by atoms with Crippen LogP contribution in [-0.4, -0.2) is 72.7 Å². The van der Waals surface area contributed by atoms with Crippen LogP contribution in [0.4, 0.5) is 4.39 Å². The monoisotopic (exact) mass is 358 g/mol. The number of carboxylic acids is 1. The van der Waals surface area contributed by atoms with Gasteiger partial charge in [-0.1, -0.05) is 17.7 Å². The second-order valence-corrected chi connectivity index (χ2v) is 6.24. The zero-order chi connectivity index (χ0) is 17.7. The molecule has 0 saturated carbocycles. The minimum atomic E-state index is -0.910. The first-order valence-corrected chi connectivity index (χ1v) is 7.96. The average molecular weight is 359 g/mol. The summed E-state index contributed by atoms with van der Waals surface area (Å²) in [6, 6.07) is 3.97. The third kappa shape index (κ3) is 5.43. The van der Waals surface area contributed by atoms with Crippen molar-refractivity contribution in [3.05, 3.63) is 34.6 Å². The molecule has 0 radical (unpaired) electrons. The number of carbonyl (C=O) groups excluding carboxylic acids is 1. The smallest absolute Gasteiger partial charge is 0.317 e. The van der Waals surface area contributed by atoms with Gasteiger partial charge in [-0.15, -0.1) is 0 Å². The molecule has 0 spiro atoms. The Morgan fingerprint density at radius 3 is 2.92 bits per heavy atom. The molecule has 1 aliphatic rings. The molecule has 0 aliphatic carbocycles. The molecule has 6 nitrogen and oxygen atoms in total. The third-order valence-electron chi connectivity index (χ3n) is 3.77. The molecule has 1 fully saturated rings. The first-order chi connectivity index (χ1) is 11.3. The Balaban J connectivity index is 1.91. The fourth-order valence-electron chi connectivity index (χ4n) is 2.64. The lowest BCUT2D eigenvalue weighted by atomic mass is 10.1. The van der Waals surface area contributed by atoms with Crippen LogP contribution in [-0.2, 0) is 20.7 Å². The predicted molar refractivity (Wildman–Crippen MR) is 86.6 cm³/mol. The van der Waals surface area contributed by atoms with Crippen LogP contribution in [0, 0.1) is 5.82 Å². The minimum Gasteiger partial charge on any atom is -0.480 e.